The Bertz CT molecular complexity index is 917. The first kappa shape index (κ1) is 23.7. The van der Waals surface area contributed by atoms with Crippen LogP contribution in [0.3, 0.4) is 0 Å². The molecule has 0 radical (unpaired) electrons. The fraction of sp³-hybridized carbons (Fsp3) is 0.318. The summed E-state index contributed by atoms with van der Waals surface area (Å²) in [6.45, 7) is 3.83. The zero-order chi connectivity index (χ0) is 22.8. The summed E-state index contributed by atoms with van der Waals surface area (Å²) in [7, 11) is 0. The van der Waals surface area contributed by atoms with Gasteiger partial charge in [0.2, 0.25) is 5.91 Å². The molecule has 2 aromatic carbocycles. The summed E-state index contributed by atoms with van der Waals surface area (Å²) in [6, 6.07) is 9.71. The van der Waals surface area contributed by atoms with Gasteiger partial charge < -0.3 is 24.8 Å². The Morgan fingerprint density at radius 3 is 2.23 bits per heavy atom. The third-order valence-corrected chi connectivity index (χ3v) is 4.13. The lowest BCUT2D eigenvalue weighted by atomic mass is 10.2. The third kappa shape index (κ3) is 6.98. The minimum Gasteiger partial charge on any atom is -0.490 e. The average Bonchev–Trinajstić information content (AvgIpc) is 2.74. The Balaban J connectivity index is 2.10. The Labute approximate surface area is 179 Å². The van der Waals surface area contributed by atoms with Gasteiger partial charge in [-0.1, -0.05) is 0 Å². The van der Waals surface area contributed by atoms with E-state index >= 15 is 0 Å². The molecule has 0 fully saturated rings. The van der Waals surface area contributed by atoms with Crippen molar-refractivity contribution >= 4 is 23.5 Å². The summed E-state index contributed by atoms with van der Waals surface area (Å²) in [5, 5.41) is 0. The van der Waals surface area contributed by atoms with E-state index in [9.17, 15) is 18.8 Å². The smallest absolute Gasteiger partial charge is 0.338 e. The number of hydrogen-bond acceptors (Lipinski definition) is 6. The van der Waals surface area contributed by atoms with Gasteiger partial charge in [0.05, 0.1) is 18.8 Å². The van der Waals surface area contributed by atoms with Crippen molar-refractivity contribution in [2.45, 2.75) is 20.3 Å². The molecule has 0 bridgehead atoms. The molecule has 0 spiro atoms. The maximum Gasteiger partial charge on any atom is 0.338 e. The zero-order valence-electron chi connectivity index (χ0n) is 17.4. The van der Waals surface area contributed by atoms with E-state index in [0.29, 0.717) is 30.4 Å². The number of hydrogen-bond donors (Lipinski definition) is 1. The van der Waals surface area contributed by atoms with E-state index in [4.69, 9.17) is 19.9 Å². The number of benzene rings is 2. The van der Waals surface area contributed by atoms with E-state index in [2.05, 4.69) is 0 Å². The van der Waals surface area contributed by atoms with Gasteiger partial charge in [-0.2, -0.15) is 0 Å². The highest BCUT2D eigenvalue weighted by Crippen LogP contribution is 2.28. The van der Waals surface area contributed by atoms with E-state index in [1.807, 2.05) is 6.92 Å². The van der Waals surface area contributed by atoms with Crippen LogP contribution in [0.5, 0.6) is 11.5 Å². The quantitative estimate of drug-likeness (QED) is 0.547. The van der Waals surface area contributed by atoms with Gasteiger partial charge in [-0.25, -0.2) is 9.18 Å². The van der Waals surface area contributed by atoms with Crippen LogP contribution in [0.25, 0.3) is 0 Å². The molecule has 8 nitrogen and oxygen atoms in total. The molecule has 0 unspecified atom stereocenters. The monoisotopic (exact) mass is 432 g/mol. The lowest BCUT2D eigenvalue weighted by Crippen LogP contribution is -2.37. The van der Waals surface area contributed by atoms with Crippen molar-refractivity contribution in [3.8, 4) is 11.5 Å². The van der Waals surface area contributed by atoms with Crippen molar-refractivity contribution < 1.29 is 33.0 Å². The van der Waals surface area contributed by atoms with Crippen LogP contribution in [0, 0.1) is 5.82 Å². The Morgan fingerprint density at radius 1 is 0.968 bits per heavy atom. The molecule has 2 N–H and O–H groups in total. The van der Waals surface area contributed by atoms with Gasteiger partial charge in [-0.15, -0.1) is 0 Å². The number of rotatable bonds is 11. The van der Waals surface area contributed by atoms with Crippen LogP contribution >= 0.6 is 0 Å². The number of carbonyl (C=O) groups excluding carboxylic acids is 3. The first-order valence-electron chi connectivity index (χ1n) is 9.76. The summed E-state index contributed by atoms with van der Waals surface area (Å²) < 4.78 is 29.3. The van der Waals surface area contributed by atoms with Crippen molar-refractivity contribution in [1.82, 2.24) is 0 Å². The highest BCUT2D eigenvalue weighted by molar-refractivity contribution is 5.97. The van der Waals surface area contributed by atoms with E-state index in [-0.39, 0.29) is 18.5 Å². The van der Waals surface area contributed by atoms with Crippen molar-refractivity contribution in [2.75, 3.05) is 31.3 Å². The van der Waals surface area contributed by atoms with Crippen LogP contribution in [0.1, 0.15) is 30.6 Å². The predicted molar refractivity (Wildman–Crippen MR) is 112 cm³/mol. The molecule has 0 aliphatic carbocycles. The molecule has 2 aromatic rings. The largest absolute Gasteiger partial charge is 0.490 e. The fourth-order valence-electron chi connectivity index (χ4n) is 2.71. The molecule has 9 heteroatoms. The van der Waals surface area contributed by atoms with Crippen LogP contribution in [-0.2, 0) is 14.3 Å². The van der Waals surface area contributed by atoms with Crippen LogP contribution in [0.15, 0.2) is 42.5 Å². The van der Waals surface area contributed by atoms with Gasteiger partial charge in [0.25, 0.3) is 5.91 Å². The van der Waals surface area contributed by atoms with Crippen LogP contribution in [0.2, 0.25) is 0 Å². The Morgan fingerprint density at radius 2 is 1.61 bits per heavy atom. The first-order valence-corrected chi connectivity index (χ1v) is 9.76. The number of anilines is 1. The number of halogens is 1. The van der Waals surface area contributed by atoms with Gasteiger partial charge in [0.15, 0.2) is 18.1 Å². The summed E-state index contributed by atoms with van der Waals surface area (Å²) in [5.74, 6) is -1.51. The van der Waals surface area contributed by atoms with E-state index in [1.54, 1.807) is 13.0 Å². The van der Waals surface area contributed by atoms with Crippen molar-refractivity contribution in [1.29, 1.82) is 0 Å². The van der Waals surface area contributed by atoms with Crippen LogP contribution < -0.4 is 20.1 Å². The maximum atomic E-state index is 13.2. The number of amides is 2. The van der Waals surface area contributed by atoms with Gasteiger partial charge in [0, 0.05) is 18.7 Å². The zero-order valence-corrected chi connectivity index (χ0v) is 17.4. The molecule has 0 aromatic heterocycles. The molecule has 0 aliphatic heterocycles. The molecule has 0 heterocycles. The summed E-state index contributed by atoms with van der Waals surface area (Å²) in [4.78, 5) is 37.4. The molecule has 0 atom stereocenters. The van der Waals surface area contributed by atoms with Gasteiger partial charge in [-0.3, -0.25) is 9.59 Å². The van der Waals surface area contributed by atoms with Crippen molar-refractivity contribution in [2.24, 2.45) is 5.73 Å². The number of nitrogens with zero attached hydrogens (tertiary/aromatic N) is 1. The second-order valence-corrected chi connectivity index (χ2v) is 6.34. The van der Waals surface area contributed by atoms with Crippen LogP contribution in [-0.4, -0.2) is 44.1 Å². The number of carbonyl (C=O) groups is 3. The second-order valence-electron chi connectivity index (χ2n) is 6.34. The van der Waals surface area contributed by atoms with E-state index in [1.165, 1.54) is 41.3 Å². The molecule has 2 rings (SSSR count). The number of primary amides is 1. The van der Waals surface area contributed by atoms with Gasteiger partial charge in [-0.05, 0) is 56.3 Å². The van der Waals surface area contributed by atoms with Crippen molar-refractivity contribution in [3.63, 3.8) is 0 Å². The maximum absolute atomic E-state index is 13.2. The van der Waals surface area contributed by atoms with Gasteiger partial charge >= 0.3 is 5.97 Å². The topological polar surface area (TPSA) is 108 Å². The van der Waals surface area contributed by atoms with Crippen LogP contribution in [0.4, 0.5) is 10.1 Å². The summed E-state index contributed by atoms with van der Waals surface area (Å²) in [6.07, 6.45) is -0.104. The van der Waals surface area contributed by atoms with E-state index < -0.39 is 30.2 Å². The Hall–Kier alpha value is -3.62. The lowest BCUT2D eigenvalue weighted by molar-refractivity contribution is -0.121. The fourth-order valence-corrected chi connectivity index (χ4v) is 2.71. The average molecular weight is 432 g/mol. The van der Waals surface area contributed by atoms with Gasteiger partial charge in [0.1, 0.15) is 5.82 Å². The molecule has 2 amide bonds. The predicted octanol–water partition coefficient (Wildman–Crippen LogP) is 2.69. The normalized spacial score (nSPS) is 10.3. The molecule has 0 saturated carbocycles. The SMILES string of the molecule is CCOc1ccc(C(=O)OCC(=O)N(CCC(N)=O)c2ccc(F)cc2)cc1OCC. The Kier molecular flexibility index (Phi) is 8.80. The third-order valence-electron chi connectivity index (χ3n) is 4.13. The lowest BCUT2D eigenvalue weighted by Gasteiger charge is -2.22. The molecular formula is C22H25FN2O6. The second kappa shape index (κ2) is 11.5. The highest BCUT2D eigenvalue weighted by atomic mass is 19.1. The molecule has 166 valence electrons. The minimum atomic E-state index is -0.730. The first-order chi connectivity index (χ1) is 14.8. The number of esters is 1. The summed E-state index contributed by atoms with van der Waals surface area (Å²) >= 11 is 0. The molecule has 0 saturated heterocycles. The number of ether oxygens (including phenoxy) is 3. The van der Waals surface area contributed by atoms with E-state index in [0.717, 1.165) is 0 Å². The minimum absolute atomic E-state index is 0.0328. The summed E-state index contributed by atoms with van der Waals surface area (Å²) in [5.41, 5.74) is 5.71. The number of nitrogens with two attached hydrogens (primary N) is 1. The molecular weight excluding hydrogens is 407 g/mol. The molecule has 31 heavy (non-hydrogen) atoms. The highest BCUT2D eigenvalue weighted by Gasteiger charge is 2.20. The van der Waals surface area contributed by atoms with Crippen molar-refractivity contribution in [3.05, 3.63) is 53.8 Å². The standard InChI is InChI=1S/C22H25FN2O6/c1-3-29-18-10-5-15(13-19(18)30-4-2)22(28)31-14-21(27)25(12-11-20(24)26)17-8-6-16(23)7-9-17/h5-10,13H,3-4,11-12,14H2,1-2H3,(H2,24,26). The molecule has 0 aliphatic rings.